The van der Waals surface area contributed by atoms with E-state index >= 15 is 4.79 Å². The van der Waals surface area contributed by atoms with Crippen LogP contribution in [0.4, 0.5) is 0 Å². The van der Waals surface area contributed by atoms with Crippen LogP contribution in [-0.4, -0.2) is 82.0 Å². The summed E-state index contributed by atoms with van der Waals surface area (Å²) in [6.45, 7) is 19.3. The number of H-pyrrole nitrogens is 1. The fourth-order valence-electron chi connectivity index (χ4n) is 19.6. The Morgan fingerprint density at radius 2 is 1.58 bits per heavy atom. The number of allylic oxidation sites excluding steroid dienone is 1. The Balaban J connectivity index is 0.992. The van der Waals surface area contributed by atoms with Crippen molar-refractivity contribution in [3.05, 3.63) is 69.6 Å². The van der Waals surface area contributed by atoms with Gasteiger partial charge in [0.05, 0.1) is 28.8 Å². The monoisotopic (exact) mass is 984 g/mol. The fourth-order valence-corrected chi connectivity index (χ4v) is 19.6. The van der Waals surface area contributed by atoms with E-state index in [-0.39, 0.29) is 40.5 Å². The number of carbonyl (C=O) groups is 2. The molecule has 1 aromatic carbocycles. The number of Topliss-reactive ketones (excluding diaryl/α,β-unsaturated/α-hetero) is 2. The lowest BCUT2D eigenvalue weighted by Crippen LogP contribution is -2.68. The second kappa shape index (κ2) is 17.7. The highest BCUT2D eigenvalue weighted by Crippen LogP contribution is 2.76. The highest BCUT2D eigenvalue weighted by Gasteiger charge is 2.73. The minimum Gasteiger partial charge on any atom is -0.392 e. The summed E-state index contributed by atoms with van der Waals surface area (Å²) < 4.78 is 14.5. The molecule has 9 aliphatic rings. The van der Waals surface area contributed by atoms with Crippen molar-refractivity contribution < 1.29 is 29.3 Å². The number of aromatic amines is 1. The third kappa shape index (κ3) is 7.50. The lowest BCUT2D eigenvalue weighted by molar-refractivity contribution is -0.227. The SMILES string of the molecule is CNCC1CCCCC1c1cc(Cc2cn3c4c(c[nH]c24)CCC(C)(CC(O)C2OC2(C)C)C2=C4C(C3)C(O)C3C5(C)CCC(=O)C(C)(C6CCCC6)C5CCC3(C)C4(C)CC2=O)cc(C2CCOCC2)c1. The second-order valence-electron chi connectivity index (χ2n) is 27.6. The standard InChI is InChI=1S/C63H89N3O6/c1-58(2)57(72-58)48(68)31-59(3)22-17-40-34-65-53-43(29-37-27-41(38-20-25-71-26-21-38)30-42(28-37)45-16-12-9-13-39(45)33-64-8)35-66(54(40)53)36-46-51-52(59)47(67)32-62(51,6)61(5)24-18-49-60(4,56(61)55(46)70)23-19-50(69)63(49,7)44-14-10-11-15-44/h27-28,30,34-35,38-39,44-46,48-49,55-57,64-65,68,70H,9-26,29,31-33,36H2,1-8H3. The number of epoxide rings is 1. The van der Waals surface area contributed by atoms with Crippen LogP contribution in [0.1, 0.15) is 197 Å². The summed E-state index contributed by atoms with van der Waals surface area (Å²) in [5.41, 5.74) is 8.80. The number of aliphatic hydroxyl groups is 2. The first-order valence-corrected chi connectivity index (χ1v) is 29.2. The number of ether oxygens (including phenoxy) is 2. The number of hydrogen-bond donors (Lipinski definition) is 4. The molecule has 72 heavy (non-hydrogen) atoms. The van der Waals surface area contributed by atoms with Crippen LogP contribution in [0.3, 0.4) is 0 Å². The highest BCUT2D eigenvalue weighted by atomic mass is 16.6. The number of nitrogens with one attached hydrogen (secondary N) is 2. The fraction of sp³-hybridized carbons (Fsp3) is 0.746. The summed E-state index contributed by atoms with van der Waals surface area (Å²) in [5, 5.41) is 29.6. The Morgan fingerprint density at radius 1 is 0.861 bits per heavy atom. The van der Waals surface area contributed by atoms with Gasteiger partial charge in [-0.1, -0.05) is 78.5 Å². The molecule has 0 amide bonds. The van der Waals surface area contributed by atoms with Crippen molar-refractivity contribution in [3.63, 3.8) is 0 Å². The average molecular weight is 984 g/mol. The first-order valence-electron chi connectivity index (χ1n) is 29.2. The van der Waals surface area contributed by atoms with Gasteiger partial charge < -0.3 is 34.6 Å². The topological polar surface area (TPSA) is 129 Å². The van der Waals surface area contributed by atoms with Crippen LogP contribution in [0.15, 0.2) is 41.7 Å². The van der Waals surface area contributed by atoms with Gasteiger partial charge in [0.25, 0.3) is 0 Å². The van der Waals surface area contributed by atoms with Gasteiger partial charge in [0, 0.05) is 73.7 Å². The Labute approximate surface area is 430 Å². The van der Waals surface area contributed by atoms with Crippen molar-refractivity contribution >= 4 is 22.6 Å². The summed E-state index contributed by atoms with van der Waals surface area (Å²) in [5.74, 6) is 2.54. The molecule has 5 saturated carbocycles. The van der Waals surface area contributed by atoms with Gasteiger partial charge in [-0.05, 0) is 190 Å². The van der Waals surface area contributed by atoms with Crippen molar-refractivity contribution in [3.8, 4) is 0 Å². The third-order valence-electron chi connectivity index (χ3n) is 23.4. The van der Waals surface area contributed by atoms with Crippen molar-refractivity contribution in [2.75, 3.05) is 26.8 Å². The summed E-state index contributed by atoms with van der Waals surface area (Å²) >= 11 is 0. The normalized spacial score (nSPS) is 40.6. The lowest BCUT2D eigenvalue weighted by atomic mass is 9.33. The maximum atomic E-state index is 15.5. The van der Waals surface area contributed by atoms with Crippen LogP contribution in [0.25, 0.3) is 11.0 Å². The van der Waals surface area contributed by atoms with Crippen molar-refractivity contribution in [2.24, 2.45) is 56.7 Å². The van der Waals surface area contributed by atoms with Crippen LogP contribution in [0, 0.1) is 56.7 Å². The zero-order valence-corrected chi connectivity index (χ0v) is 45.4. The number of nitrogens with zero attached hydrogens (tertiary/aromatic N) is 1. The van der Waals surface area contributed by atoms with Crippen molar-refractivity contribution in [1.29, 1.82) is 0 Å². The van der Waals surface area contributed by atoms with Gasteiger partial charge in [-0.25, -0.2) is 0 Å². The first-order chi connectivity index (χ1) is 34.3. The summed E-state index contributed by atoms with van der Waals surface area (Å²) in [6.07, 6.45) is 21.2. The molecule has 392 valence electrons. The van der Waals surface area contributed by atoms with Gasteiger partial charge in [0.15, 0.2) is 5.78 Å². The number of hydrogen-bond acceptors (Lipinski definition) is 7. The van der Waals surface area contributed by atoms with E-state index in [2.05, 4.69) is 101 Å². The van der Waals surface area contributed by atoms with Gasteiger partial charge in [0.2, 0.25) is 0 Å². The zero-order valence-electron chi connectivity index (χ0n) is 45.4. The van der Waals surface area contributed by atoms with Crippen LogP contribution < -0.4 is 5.32 Å². The molecule has 3 aliphatic heterocycles. The first kappa shape index (κ1) is 49.8. The Morgan fingerprint density at radius 3 is 2.32 bits per heavy atom. The number of aryl methyl sites for hydroxylation is 1. The Bertz CT molecular complexity index is 2640. The predicted octanol–water partition coefficient (Wildman–Crippen LogP) is 11.7. The Kier molecular flexibility index (Phi) is 12.3. The Hall–Kier alpha value is -3.08. The molecule has 7 fully saturated rings. The largest absolute Gasteiger partial charge is 0.392 e. The van der Waals surface area contributed by atoms with E-state index in [1.807, 2.05) is 0 Å². The molecule has 13 unspecified atom stereocenters. The summed E-state index contributed by atoms with van der Waals surface area (Å²) in [7, 11) is 2.11. The van der Waals surface area contributed by atoms with Gasteiger partial charge in [-0.15, -0.1) is 0 Å². The molecule has 2 saturated heterocycles. The average Bonchev–Trinajstić information content (AvgIpc) is 3.90. The number of benzene rings is 1. The number of carbonyl (C=O) groups excluding carboxylic acids is 2. The molecule has 12 rings (SSSR count). The molecule has 2 aromatic heterocycles. The minimum absolute atomic E-state index is 0.0852. The van der Waals surface area contributed by atoms with Crippen LogP contribution in [-0.2, 0) is 38.4 Å². The van der Waals surface area contributed by atoms with E-state index in [1.54, 1.807) is 0 Å². The molecule has 4 N–H and O–H groups in total. The molecule has 0 radical (unpaired) electrons. The predicted molar refractivity (Wildman–Crippen MR) is 284 cm³/mol. The van der Waals surface area contributed by atoms with E-state index < -0.39 is 34.1 Å². The molecule has 5 heterocycles. The molecular weight excluding hydrogens is 895 g/mol. The maximum Gasteiger partial charge on any atom is 0.160 e. The van der Waals surface area contributed by atoms with Crippen LogP contribution >= 0.6 is 0 Å². The summed E-state index contributed by atoms with van der Waals surface area (Å²) in [6, 6.07) is 7.64. The zero-order chi connectivity index (χ0) is 50.3. The second-order valence-corrected chi connectivity index (χ2v) is 27.6. The molecular formula is C63H89N3O6. The molecule has 0 bridgehead atoms. The van der Waals surface area contributed by atoms with E-state index in [9.17, 15) is 15.0 Å². The molecule has 0 spiro atoms. The minimum atomic E-state index is -0.719. The van der Waals surface area contributed by atoms with Crippen LogP contribution in [0.5, 0.6) is 0 Å². The van der Waals surface area contributed by atoms with E-state index in [0.717, 1.165) is 83.1 Å². The molecule has 6 aliphatic carbocycles. The number of aromatic nitrogens is 2. The summed E-state index contributed by atoms with van der Waals surface area (Å²) in [4.78, 5) is 33.9. The van der Waals surface area contributed by atoms with E-state index in [1.165, 1.54) is 82.9 Å². The smallest absolute Gasteiger partial charge is 0.160 e. The molecule has 9 nitrogen and oxygen atoms in total. The van der Waals surface area contributed by atoms with Gasteiger partial charge in [0.1, 0.15) is 11.9 Å². The van der Waals surface area contributed by atoms with Crippen LogP contribution in [0.2, 0.25) is 0 Å². The number of rotatable bonds is 10. The van der Waals surface area contributed by atoms with Gasteiger partial charge >= 0.3 is 0 Å². The number of aliphatic hydroxyl groups excluding tert-OH is 2. The molecule has 3 aromatic rings. The van der Waals surface area contributed by atoms with Gasteiger partial charge in [-0.3, -0.25) is 9.59 Å². The maximum absolute atomic E-state index is 15.5. The number of fused-ring (bicyclic) bond motifs is 4. The van der Waals surface area contributed by atoms with Gasteiger partial charge in [-0.2, -0.15) is 0 Å². The van der Waals surface area contributed by atoms with E-state index in [4.69, 9.17) is 9.47 Å². The third-order valence-corrected chi connectivity index (χ3v) is 23.4. The molecule has 13 atom stereocenters. The lowest BCUT2D eigenvalue weighted by Gasteiger charge is -2.70. The van der Waals surface area contributed by atoms with E-state index in [0.29, 0.717) is 61.7 Å². The van der Waals surface area contributed by atoms with Crippen molar-refractivity contribution in [2.45, 2.75) is 213 Å². The molecule has 9 heteroatoms. The quantitative estimate of drug-likeness (QED) is 0.149. The van der Waals surface area contributed by atoms with Crippen molar-refractivity contribution in [1.82, 2.24) is 14.9 Å². The number of ketones is 2. The highest BCUT2D eigenvalue weighted by molar-refractivity contribution is 6.02.